The molecule has 0 bridgehead atoms. The molecule has 23 heavy (non-hydrogen) atoms. The fourth-order valence-electron chi connectivity index (χ4n) is 6.01. The molecular weight excluding hydrogens is 288 g/mol. The first-order chi connectivity index (χ1) is 11.3. The standard InChI is InChI=1S/C19H30N2O2/c22-18(20-15(12-4-1-5-12)13-6-2-7-13)21-16-14-8-11-23-17(14)19(16)9-3-10-19/h12-17H,1-11H2,(H2,20,21,22). The van der Waals surface area contributed by atoms with Gasteiger partial charge in [-0.15, -0.1) is 0 Å². The summed E-state index contributed by atoms with van der Waals surface area (Å²) >= 11 is 0. The van der Waals surface area contributed by atoms with Gasteiger partial charge < -0.3 is 15.4 Å². The molecule has 5 fully saturated rings. The zero-order valence-corrected chi connectivity index (χ0v) is 14.1. The molecule has 1 heterocycles. The predicted molar refractivity (Wildman–Crippen MR) is 88.1 cm³/mol. The van der Waals surface area contributed by atoms with Crippen LogP contribution in [0.2, 0.25) is 0 Å². The molecule has 4 heteroatoms. The molecule has 128 valence electrons. The summed E-state index contributed by atoms with van der Waals surface area (Å²) in [7, 11) is 0. The highest BCUT2D eigenvalue weighted by Crippen LogP contribution is 2.62. The molecule has 5 aliphatic rings. The number of nitrogens with one attached hydrogen (secondary N) is 2. The molecule has 3 atom stereocenters. The van der Waals surface area contributed by atoms with Crippen LogP contribution in [0.3, 0.4) is 0 Å². The van der Waals surface area contributed by atoms with E-state index < -0.39 is 0 Å². The number of carbonyl (C=O) groups is 1. The highest BCUT2D eigenvalue weighted by Gasteiger charge is 2.67. The highest BCUT2D eigenvalue weighted by molar-refractivity contribution is 5.75. The number of ether oxygens (including phenoxy) is 1. The molecule has 2 N–H and O–H groups in total. The van der Waals surface area contributed by atoms with Crippen molar-refractivity contribution in [3.63, 3.8) is 0 Å². The summed E-state index contributed by atoms with van der Waals surface area (Å²) < 4.78 is 5.96. The first kappa shape index (κ1) is 14.6. The summed E-state index contributed by atoms with van der Waals surface area (Å²) in [6, 6.07) is 0.910. The van der Waals surface area contributed by atoms with Crippen LogP contribution in [0.15, 0.2) is 0 Å². The third-order valence-electron chi connectivity index (χ3n) is 7.94. The quantitative estimate of drug-likeness (QED) is 0.836. The van der Waals surface area contributed by atoms with Crippen molar-refractivity contribution in [2.75, 3.05) is 6.61 Å². The molecule has 0 aromatic rings. The maximum absolute atomic E-state index is 12.7. The number of amides is 2. The Morgan fingerprint density at radius 3 is 2.22 bits per heavy atom. The van der Waals surface area contributed by atoms with E-state index in [2.05, 4.69) is 10.6 Å². The van der Waals surface area contributed by atoms with Gasteiger partial charge in [0, 0.05) is 30.0 Å². The first-order valence-corrected chi connectivity index (χ1v) is 9.96. The van der Waals surface area contributed by atoms with Crippen LogP contribution in [-0.2, 0) is 4.74 Å². The van der Waals surface area contributed by atoms with Gasteiger partial charge in [-0.25, -0.2) is 4.79 Å². The Balaban J connectivity index is 1.22. The highest BCUT2D eigenvalue weighted by atomic mass is 16.5. The maximum atomic E-state index is 12.7. The van der Waals surface area contributed by atoms with E-state index in [4.69, 9.17) is 4.74 Å². The predicted octanol–water partition coefficient (Wildman–Crippen LogP) is 3.21. The number of rotatable bonds is 4. The molecule has 1 spiro atoms. The number of hydrogen-bond acceptors (Lipinski definition) is 2. The molecule has 5 rings (SSSR count). The van der Waals surface area contributed by atoms with E-state index >= 15 is 0 Å². The van der Waals surface area contributed by atoms with E-state index in [1.807, 2.05) is 0 Å². The molecule has 4 nitrogen and oxygen atoms in total. The van der Waals surface area contributed by atoms with Gasteiger partial charge in [-0.3, -0.25) is 0 Å². The van der Waals surface area contributed by atoms with Crippen molar-refractivity contribution >= 4 is 6.03 Å². The zero-order chi connectivity index (χ0) is 15.4. The minimum absolute atomic E-state index is 0.107. The van der Waals surface area contributed by atoms with Gasteiger partial charge >= 0.3 is 6.03 Å². The van der Waals surface area contributed by atoms with Crippen LogP contribution in [0.4, 0.5) is 4.79 Å². The van der Waals surface area contributed by atoms with Gasteiger partial charge in [-0.05, 0) is 56.8 Å². The molecule has 2 amide bonds. The summed E-state index contributed by atoms with van der Waals surface area (Å²) in [5, 5.41) is 6.78. The summed E-state index contributed by atoms with van der Waals surface area (Å²) in [4.78, 5) is 12.7. The number of urea groups is 1. The van der Waals surface area contributed by atoms with Gasteiger partial charge in [-0.2, -0.15) is 0 Å². The third kappa shape index (κ3) is 2.09. The van der Waals surface area contributed by atoms with Gasteiger partial charge in [0.1, 0.15) is 0 Å². The largest absolute Gasteiger partial charge is 0.377 e. The zero-order valence-electron chi connectivity index (χ0n) is 14.1. The Hall–Kier alpha value is -0.770. The van der Waals surface area contributed by atoms with Crippen LogP contribution < -0.4 is 10.6 Å². The second kappa shape index (κ2) is 5.37. The molecule has 0 aromatic carbocycles. The average molecular weight is 318 g/mol. The fourth-order valence-corrected chi connectivity index (χ4v) is 6.01. The van der Waals surface area contributed by atoms with Crippen molar-refractivity contribution in [2.45, 2.75) is 82.4 Å². The summed E-state index contributed by atoms with van der Waals surface area (Å²) in [6.45, 7) is 0.893. The second-order valence-corrected chi connectivity index (χ2v) is 8.83. The van der Waals surface area contributed by atoms with Crippen molar-refractivity contribution in [2.24, 2.45) is 23.2 Å². The molecule has 4 saturated carbocycles. The average Bonchev–Trinajstić information content (AvgIpc) is 2.75. The van der Waals surface area contributed by atoms with Crippen LogP contribution in [0, 0.1) is 23.2 Å². The lowest BCUT2D eigenvalue weighted by molar-refractivity contribution is -0.172. The molecule has 3 unspecified atom stereocenters. The van der Waals surface area contributed by atoms with E-state index in [0.29, 0.717) is 29.5 Å². The molecule has 4 aliphatic carbocycles. The van der Waals surface area contributed by atoms with Crippen LogP contribution in [0.5, 0.6) is 0 Å². The lowest BCUT2D eigenvalue weighted by Crippen LogP contribution is -2.72. The fraction of sp³-hybridized carbons (Fsp3) is 0.947. The van der Waals surface area contributed by atoms with E-state index in [1.54, 1.807) is 0 Å². The van der Waals surface area contributed by atoms with Crippen LogP contribution >= 0.6 is 0 Å². The smallest absolute Gasteiger partial charge is 0.315 e. The van der Waals surface area contributed by atoms with Crippen molar-refractivity contribution in [1.82, 2.24) is 10.6 Å². The second-order valence-electron chi connectivity index (χ2n) is 8.83. The first-order valence-electron chi connectivity index (χ1n) is 9.96. The van der Waals surface area contributed by atoms with Crippen molar-refractivity contribution in [1.29, 1.82) is 0 Å². The minimum atomic E-state index is 0.107. The van der Waals surface area contributed by atoms with E-state index in [9.17, 15) is 4.79 Å². The monoisotopic (exact) mass is 318 g/mol. The van der Waals surface area contributed by atoms with Crippen LogP contribution in [0.1, 0.15) is 64.2 Å². The van der Waals surface area contributed by atoms with Crippen LogP contribution in [0.25, 0.3) is 0 Å². The van der Waals surface area contributed by atoms with Gasteiger partial charge in [0.2, 0.25) is 0 Å². The Kier molecular flexibility index (Phi) is 3.40. The van der Waals surface area contributed by atoms with Gasteiger partial charge in [0.05, 0.1) is 6.10 Å². The number of carbonyl (C=O) groups excluding carboxylic acids is 1. The molecular formula is C19H30N2O2. The summed E-state index contributed by atoms with van der Waals surface area (Å²) in [5.41, 5.74) is 0.293. The Morgan fingerprint density at radius 2 is 1.70 bits per heavy atom. The number of fused-ring (bicyclic) bond motifs is 2. The van der Waals surface area contributed by atoms with Crippen molar-refractivity contribution in [3.05, 3.63) is 0 Å². The Labute approximate surface area is 139 Å². The number of hydrogen-bond donors (Lipinski definition) is 2. The van der Waals surface area contributed by atoms with Gasteiger partial charge in [0.25, 0.3) is 0 Å². The Morgan fingerprint density at radius 1 is 1.00 bits per heavy atom. The molecule has 0 radical (unpaired) electrons. The van der Waals surface area contributed by atoms with E-state index in [-0.39, 0.29) is 6.03 Å². The SMILES string of the molecule is O=C(NC(C1CCC1)C1CCC1)NC1C2CCOC2C12CCC2. The molecule has 1 saturated heterocycles. The summed E-state index contributed by atoms with van der Waals surface area (Å²) in [5.74, 6) is 2.06. The topological polar surface area (TPSA) is 50.4 Å². The van der Waals surface area contributed by atoms with Crippen molar-refractivity contribution < 1.29 is 9.53 Å². The summed E-state index contributed by atoms with van der Waals surface area (Å²) in [6.07, 6.45) is 13.3. The molecule has 1 aliphatic heterocycles. The Bertz CT molecular complexity index is 468. The normalized spacial score (nSPS) is 38.2. The minimum Gasteiger partial charge on any atom is -0.377 e. The maximum Gasteiger partial charge on any atom is 0.315 e. The van der Waals surface area contributed by atoms with Crippen molar-refractivity contribution in [3.8, 4) is 0 Å². The van der Waals surface area contributed by atoms with Gasteiger partial charge in [-0.1, -0.05) is 19.3 Å². The lowest BCUT2D eigenvalue weighted by atomic mass is 9.46. The van der Waals surface area contributed by atoms with Crippen LogP contribution in [-0.4, -0.2) is 30.8 Å². The molecule has 0 aromatic heterocycles. The lowest BCUT2D eigenvalue weighted by Gasteiger charge is -2.63. The van der Waals surface area contributed by atoms with E-state index in [1.165, 1.54) is 57.8 Å². The van der Waals surface area contributed by atoms with E-state index in [0.717, 1.165) is 24.9 Å². The van der Waals surface area contributed by atoms with Gasteiger partial charge in [0.15, 0.2) is 0 Å². The third-order valence-corrected chi connectivity index (χ3v) is 7.94.